The first-order valence-electron chi connectivity index (χ1n) is 6.34. The molecule has 0 radical (unpaired) electrons. The van der Waals surface area contributed by atoms with Crippen LogP contribution in [0.2, 0.25) is 5.15 Å². The molecule has 0 fully saturated rings. The molecule has 0 aliphatic rings. The van der Waals surface area contributed by atoms with Crippen LogP contribution in [-0.2, 0) is 11.2 Å². The third kappa shape index (κ3) is 4.84. The lowest BCUT2D eigenvalue weighted by Gasteiger charge is -2.06. The largest absolute Gasteiger partial charge is 0.354 e. The summed E-state index contributed by atoms with van der Waals surface area (Å²) in [7, 11) is 0. The molecule has 110 valence electrons. The van der Waals surface area contributed by atoms with Gasteiger partial charge >= 0.3 is 0 Å². The Kier molecular flexibility index (Phi) is 5.71. The Hall–Kier alpha value is -1.92. The average Bonchev–Trinajstić information content (AvgIpc) is 2.91. The van der Waals surface area contributed by atoms with Gasteiger partial charge in [0.25, 0.3) is 5.91 Å². The van der Waals surface area contributed by atoms with E-state index in [1.54, 1.807) is 0 Å². The lowest BCUT2D eigenvalue weighted by Crippen LogP contribution is -2.35. The molecule has 1 heterocycles. The van der Waals surface area contributed by atoms with Crippen molar-refractivity contribution in [3.05, 3.63) is 51.4 Å². The number of carbonyl (C=O) groups is 2. The number of hydrogen-bond donors (Lipinski definition) is 2. The van der Waals surface area contributed by atoms with Gasteiger partial charge in [-0.2, -0.15) is 0 Å². The normalized spacial score (nSPS) is 10.1. The van der Waals surface area contributed by atoms with Crippen LogP contribution in [0.5, 0.6) is 0 Å². The number of nitrogens with one attached hydrogen (secondary N) is 2. The van der Waals surface area contributed by atoms with E-state index in [1.165, 1.54) is 16.8 Å². The van der Waals surface area contributed by atoms with Crippen molar-refractivity contribution in [1.29, 1.82) is 0 Å². The van der Waals surface area contributed by atoms with Crippen LogP contribution >= 0.6 is 22.9 Å². The van der Waals surface area contributed by atoms with E-state index in [0.29, 0.717) is 24.4 Å². The summed E-state index contributed by atoms with van der Waals surface area (Å²) in [6, 6.07) is 9.48. The Bertz CT molecular complexity index is 616. The molecule has 2 amide bonds. The van der Waals surface area contributed by atoms with Crippen molar-refractivity contribution in [3.8, 4) is 0 Å². The van der Waals surface area contributed by atoms with E-state index < -0.39 is 0 Å². The highest BCUT2D eigenvalue weighted by atomic mass is 35.5. The monoisotopic (exact) mass is 323 g/mol. The van der Waals surface area contributed by atoms with Gasteiger partial charge in [0.2, 0.25) is 5.91 Å². The second-order valence-electron chi connectivity index (χ2n) is 4.24. The van der Waals surface area contributed by atoms with Crippen LogP contribution in [0.4, 0.5) is 0 Å². The fraction of sp³-hybridized carbons (Fsp3) is 0.214. The summed E-state index contributed by atoms with van der Waals surface area (Å²) in [6.07, 6.45) is 0.329. The van der Waals surface area contributed by atoms with Crippen molar-refractivity contribution >= 4 is 34.8 Å². The molecule has 1 aromatic carbocycles. The topological polar surface area (TPSA) is 71.1 Å². The van der Waals surface area contributed by atoms with Gasteiger partial charge in [-0.15, -0.1) is 11.3 Å². The first-order chi connectivity index (χ1) is 10.2. The SMILES string of the molecule is O=C(Cc1ccccc1)NCCNC(=O)c1scnc1Cl. The maximum absolute atomic E-state index is 11.7. The van der Waals surface area contributed by atoms with Crippen LogP contribution in [0.15, 0.2) is 35.8 Å². The molecular weight excluding hydrogens is 310 g/mol. The summed E-state index contributed by atoms with van der Waals surface area (Å²) in [5.74, 6) is -0.355. The molecule has 2 rings (SSSR count). The second-order valence-corrected chi connectivity index (χ2v) is 5.45. The highest BCUT2D eigenvalue weighted by molar-refractivity contribution is 7.12. The van der Waals surface area contributed by atoms with Crippen molar-refractivity contribution in [2.45, 2.75) is 6.42 Å². The Morgan fingerprint density at radius 3 is 2.52 bits per heavy atom. The van der Waals surface area contributed by atoms with E-state index in [9.17, 15) is 9.59 Å². The highest BCUT2D eigenvalue weighted by Gasteiger charge is 2.12. The van der Waals surface area contributed by atoms with Crippen molar-refractivity contribution in [3.63, 3.8) is 0 Å². The van der Waals surface area contributed by atoms with Gasteiger partial charge in [0, 0.05) is 13.1 Å². The summed E-state index contributed by atoms with van der Waals surface area (Å²) in [5.41, 5.74) is 2.47. The Labute approximate surface area is 131 Å². The van der Waals surface area contributed by atoms with E-state index >= 15 is 0 Å². The van der Waals surface area contributed by atoms with E-state index in [1.807, 2.05) is 30.3 Å². The molecule has 7 heteroatoms. The molecule has 0 atom stereocenters. The van der Waals surface area contributed by atoms with Crippen LogP contribution in [0.25, 0.3) is 0 Å². The smallest absolute Gasteiger partial charge is 0.264 e. The number of hydrogen-bond acceptors (Lipinski definition) is 4. The van der Waals surface area contributed by atoms with Gasteiger partial charge in [0.15, 0.2) is 5.15 Å². The molecule has 0 bridgehead atoms. The van der Waals surface area contributed by atoms with Gasteiger partial charge < -0.3 is 10.6 Å². The van der Waals surface area contributed by atoms with Crippen LogP contribution in [-0.4, -0.2) is 29.9 Å². The molecule has 2 N–H and O–H groups in total. The molecule has 0 saturated carbocycles. The standard InChI is InChI=1S/C14H14ClN3O2S/c15-13-12(21-9-18-13)14(20)17-7-6-16-11(19)8-10-4-2-1-3-5-10/h1-5,9H,6-8H2,(H,16,19)(H,17,20). The lowest BCUT2D eigenvalue weighted by atomic mass is 10.1. The van der Waals surface area contributed by atoms with E-state index in [2.05, 4.69) is 15.6 Å². The number of aromatic nitrogens is 1. The molecule has 0 aliphatic carbocycles. The minimum Gasteiger partial charge on any atom is -0.354 e. The van der Waals surface area contributed by atoms with Gasteiger partial charge in [0.1, 0.15) is 4.88 Å². The average molecular weight is 324 g/mol. The zero-order valence-corrected chi connectivity index (χ0v) is 12.7. The van der Waals surface area contributed by atoms with Crippen molar-refractivity contribution < 1.29 is 9.59 Å². The molecule has 5 nitrogen and oxygen atoms in total. The first-order valence-corrected chi connectivity index (χ1v) is 7.60. The summed E-state index contributed by atoms with van der Waals surface area (Å²) in [4.78, 5) is 27.6. The third-order valence-electron chi connectivity index (χ3n) is 2.67. The van der Waals surface area contributed by atoms with Crippen molar-refractivity contribution in [2.75, 3.05) is 13.1 Å². The van der Waals surface area contributed by atoms with Gasteiger partial charge in [-0.05, 0) is 5.56 Å². The van der Waals surface area contributed by atoms with Crippen LogP contribution in [0, 0.1) is 0 Å². The highest BCUT2D eigenvalue weighted by Crippen LogP contribution is 2.17. The number of benzene rings is 1. The molecular formula is C14H14ClN3O2S. The van der Waals surface area contributed by atoms with Gasteiger partial charge in [-0.1, -0.05) is 41.9 Å². The van der Waals surface area contributed by atoms with Gasteiger partial charge in [0.05, 0.1) is 11.9 Å². The predicted molar refractivity (Wildman–Crippen MR) is 82.6 cm³/mol. The summed E-state index contributed by atoms with van der Waals surface area (Å²) >= 11 is 6.94. The quantitative estimate of drug-likeness (QED) is 0.797. The van der Waals surface area contributed by atoms with Gasteiger partial charge in [-0.3, -0.25) is 9.59 Å². The molecule has 0 saturated heterocycles. The maximum atomic E-state index is 11.7. The summed E-state index contributed by atoms with van der Waals surface area (Å²) in [5, 5.41) is 5.62. The number of thiazole rings is 1. The number of halogens is 1. The Morgan fingerprint density at radius 2 is 1.86 bits per heavy atom. The number of rotatable bonds is 6. The van der Waals surface area contributed by atoms with Crippen LogP contribution in [0.1, 0.15) is 15.2 Å². The minimum atomic E-state index is -0.278. The molecule has 2 aromatic rings. The van der Waals surface area contributed by atoms with E-state index in [-0.39, 0.29) is 17.0 Å². The van der Waals surface area contributed by atoms with E-state index in [4.69, 9.17) is 11.6 Å². The lowest BCUT2D eigenvalue weighted by molar-refractivity contribution is -0.120. The molecule has 21 heavy (non-hydrogen) atoms. The molecule has 1 aromatic heterocycles. The van der Waals surface area contributed by atoms with Gasteiger partial charge in [-0.25, -0.2) is 4.98 Å². The zero-order chi connectivity index (χ0) is 15.1. The number of carbonyl (C=O) groups excluding carboxylic acids is 2. The number of amides is 2. The predicted octanol–water partition coefficient (Wildman–Crippen LogP) is 1.89. The Balaban J connectivity index is 1.67. The summed E-state index contributed by atoms with van der Waals surface area (Å²) < 4.78 is 0. The molecule has 0 unspecified atom stereocenters. The minimum absolute atomic E-state index is 0.0775. The third-order valence-corrected chi connectivity index (χ3v) is 3.89. The summed E-state index contributed by atoms with van der Waals surface area (Å²) in [6.45, 7) is 0.710. The fourth-order valence-electron chi connectivity index (χ4n) is 1.68. The molecule has 0 aliphatic heterocycles. The van der Waals surface area contributed by atoms with Crippen LogP contribution < -0.4 is 10.6 Å². The maximum Gasteiger partial charge on any atom is 0.264 e. The zero-order valence-electron chi connectivity index (χ0n) is 11.1. The number of nitrogens with zero attached hydrogens (tertiary/aromatic N) is 1. The fourth-order valence-corrected chi connectivity index (χ4v) is 2.60. The van der Waals surface area contributed by atoms with E-state index in [0.717, 1.165) is 5.56 Å². The molecule has 0 spiro atoms. The Morgan fingerprint density at radius 1 is 1.14 bits per heavy atom. The van der Waals surface area contributed by atoms with Crippen LogP contribution in [0.3, 0.4) is 0 Å². The second kappa shape index (κ2) is 7.75. The van der Waals surface area contributed by atoms with Crippen molar-refractivity contribution in [1.82, 2.24) is 15.6 Å². The first kappa shape index (κ1) is 15.5. The van der Waals surface area contributed by atoms with Crippen molar-refractivity contribution in [2.24, 2.45) is 0 Å².